The van der Waals surface area contributed by atoms with Crippen molar-refractivity contribution in [3.05, 3.63) is 35.3 Å². The van der Waals surface area contributed by atoms with Crippen LogP contribution in [-0.2, 0) is 11.2 Å². The Labute approximate surface area is 153 Å². The molecule has 1 saturated heterocycles. The highest BCUT2D eigenvalue weighted by Crippen LogP contribution is 2.26. The third-order valence-electron chi connectivity index (χ3n) is 4.48. The predicted molar refractivity (Wildman–Crippen MR) is 101 cm³/mol. The Hall–Kier alpha value is -1.92. The van der Waals surface area contributed by atoms with Crippen molar-refractivity contribution in [1.82, 2.24) is 15.2 Å². The summed E-state index contributed by atoms with van der Waals surface area (Å²) >= 11 is 1.58. The molecule has 2 aromatic rings. The van der Waals surface area contributed by atoms with Crippen LogP contribution >= 0.6 is 11.3 Å². The topological polar surface area (TPSA) is 54.5 Å². The van der Waals surface area contributed by atoms with Crippen LogP contribution in [0.15, 0.2) is 29.6 Å². The standard InChI is InChI=1S/C19H25N3O2S/c1-3-24-17-8-6-14(7-9-17)19-21-16(13-25-19)11-18(23)22-10-4-5-15(12-22)20-2/h6-9,13,15,20H,3-5,10-12H2,1-2H3. The van der Waals surface area contributed by atoms with Crippen LogP contribution in [0.5, 0.6) is 5.75 Å². The van der Waals surface area contributed by atoms with E-state index in [0.29, 0.717) is 19.1 Å². The fourth-order valence-corrected chi connectivity index (χ4v) is 3.91. The Morgan fingerprint density at radius 2 is 2.20 bits per heavy atom. The first-order valence-corrected chi connectivity index (χ1v) is 9.70. The van der Waals surface area contributed by atoms with Crippen LogP contribution < -0.4 is 10.1 Å². The van der Waals surface area contributed by atoms with Crippen molar-refractivity contribution < 1.29 is 9.53 Å². The molecular weight excluding hydrogens is 334 g/mol. The molecule has 0 spiro atoms. The summed E-state index contributed by atoms with van der Waals surface area (Å²) < 4.78 is 5.47. The summed E-state index contributed by atoms with van der Waals surface area (Å²) in [6.07, 6.45) is 2.58. The number of ether oxygens (including phenoxy) is 1. The van der Waals surface area contributed by atoms with Crippen LogP contribution in [0.2, 0.25) is 0 Å². The van der Waals surface area contributed by atoms with E-state index in [1.54, 1.807) is 11.3 Å². The molecule has 1 unspecified atom stereocenters. The van der Waals surface area contributed by atoms with Crippen LogP contribution in [0.3, 0.4) is 0 Å². The van der Waals surface area contributed by atoms with E-state index in [2.05, 4.69) is 10.3 Å². The Kier molecular flexibility index (Phi) is 6.04. The Bertz CT molecular complexity index is 699. The van der Waals surface area contributed by atoms with Gasteiger partial charge in [-0.3, -0.25) is 4.79 Å². The molecule has 1 aliphatic heterocycles. The van der Waals surface area contributed by atoms with Gasteiger partial charge in [0.1, 0.15) is 10.8 Å². The lowest BCUT2D eigenvalue weighted by Crippen LogP contribution is -2.47. The van der Waals surface area contributed by atoms with Gasteiger partial charge in [0, 0.05) is 30.1 Å². The smallest absolute Gasteiger partial charge is 0.228 e. The molecule has 1 fully saturated rings. The van der Waals surface area contributed by atoms with Crippen LogP contribution in [0.4, 0.5) is 0 Å². The van der Waals surface area contributed by atoms with Crippen molar-refractivity contribution in [3.63, 3.8) is 0 Å². The second-order valence-electron chi connectivity index (χ2n) is 6.25. The van der Waals surface area contributed by atoms with Gasteiger partial charge in [0.15, 0.2) is 0 Å². The SMILES string of the molecule is CCOc1ccc(-c2nc(CC(=O)N3CCCC(NC)C3)cs2)cc1. The highest BCUT2D eigenvalue weighted by atomic mass is 32.1. The van der Waals surface area contributed by atoms with E-state index in [1.807, 2.05) is 48.5 Å². The zero-order valence-electron chi connectivity index (χ0n) is 14.8. The molecule has 2 heterocycles. The molecule has 134 valence electrons. The average Bonchev–Trinajstić information content (AvgIpc) is 3.11. The maximum absolute atomic E-state index is 12.5. The Morgan fingerprint density at radius 3 is 2.92 bits per heavy atom. The number of likely N-dealkylation sites (N-methyl/N-ethyl adjacent to an activating group) is 1. The monoisotopic (exact) mass is 359 g/mol. The van der Waals surface area contributed by atoms with Crippen molar-refractivity contribution in [2.45, 2.75) is 32.2 Å². The first-order valence-electron chi connectivity index (χ1n) is 8.82. The van der Waals surface area contributed by atoms with Gasteiger partial charge >= 0.3 is 0 Å². The number of nitrogens with zero attached hydrogens (tertiary/aromatic N) is 2. The average molecular weight is 359 g/mol. The number of benzene rings is 1. The lowest BCUT2D eigenvalue weighted by atomic mass is 10.1. The van der Waals surface area contributed by atoms with Crippen molar-refractivity contribution >= 4 is 17.2 Å². The Balaban J connectivity index is 1.62. The summed E-state index contributed by atoms with van der Waals surface area (Å²) in [7, 11) is 1.96. The molecule has 1 aliphatic rings. The maximum atomic E-state index is 12.5. The molecule has 5 nitrogen and oxygen atoms in total. The predicted octanol–water partition coefficient (Wildman–Crippen LogP) is 2.96. The van der Waals surface area contributed by atoms with E-state index in [1.165, 1.54) is 0 Å². The number of rotatable bonds is 6. The second-order valence-corrected chi connectivity index (χ2v) is 7.10. The van der Waals surface area contributed by atoms with Crippen LogP contribution in [0, 0.1) is 0 Å². The summed E-state index contributed by atoms with van der Waals surface area (Å²) in [5, 5.41) is 6.21. The third-order valence-corrected chi connectivity index (χ3v) is 5.42. The van der Waals surface area contributed by atoms with Crippen LogP contribution in [0.1, 0.15) is 25.5 Å². The molecule has 0 aliphatic carbocycles. The molecule has 0 bridgehead atoms. The third kappa shape index (κ3) is 4.58. The van der Waals surface area contributed by atoms with Crippen molar-refractivity contribution in [1.29, 1.82) is 0 Å². The van der Waals surface area contributed by atoms with Gasteiger partial charge in [0.2, 0.25) is 5.91 Å². The zero-order chi connectivity index (χ0) is 17.6. The number of likely N-dealkylation sites (tertiary alicyclic amines) is 1. The van der Waals surface area contributed by atoms with E-state index in [9.17, 15) is 4.79 Å². The highest BCUT2D eigenvalue weighted by Gasteiger charge is 2.23. The summed E-state index contributed by atoms with van der Waals surface area (Å²) in [4.78, 5) is 19.1. The molecule has 1 amide bonds. The molecule has 0 radical (unpaired) electrons. The minimum atomic E-state index is 0.170. The first kappa shape index (κ1) is 17.9. The van der Waals surface area contributed by atoms with Gasteiger partial charge in [0.25, 0.3) is 0 Å². The molecule has 3 rings (SSSR count). The molecule has 6 heteroatoms. The van der Waals surface area contributed by atoms with Gasteiger partial charge < -0.3 is 15.0 Å². The summed E-state index contributed by atoms with van der Waals surface area (Å²) in [5.41, 5.74) is 1.91. The van der Waals surface area contributed by atoms with Gasteiger partial charge in [-0.2, -0.15) is 0 Å². The number of hydrogen-bond acceptors (Lipinski definition) is 5. The number of nitrogens with one attached hydrogen (secondary N) is 1. The van der Waals surface area contributed by atoms with Gasteiger partial charge in [0.05, 0.1) is 18.7 Å². The van der Waals surface area contributed by atoms with Gasteiger partial charge in [-0.1, -0.05) is 0 Å². The van der Waals surface area contributed by atoms with Gasteiger partial charge in [-0.05, 0) is 51.1 Å². The zero-order valence-corrected chi connectivity index (χ0v) is 15.6. The molecule has 1 aromatic heterocycles. The number of aromatic nitrogens is 1. The van der Waals surface area contributed by atoms with Crippen LogP contribution in [0.25, 0.3) is 10.6 Å². The van der Waals surface area contributed by atoms with Crippen molar-refractivity contribution in [2.75, 3.05) is 26.7 Å². The minimum absolute atomic E-state index is 0.170. The maximum Gasteiger partial charge on any atom is 0.228 e. The summed E-state index contributed by atoms with van der Waals surface area (Å²) in [5.74, 6) is 1.03. The minimum Gasteiger partial charge on any atom is -0.494 e. The van der Waals surface area contributed by atoms with E-state index < -0.39 is 0 Å². The van der Waals surface area contributed by atoms with Crippen LogP contribution in [-0.4, -0.2) is 48.6 Å². The fraction of sp³-hybridized carbons (Fsp3) is 0.474. The van der Waals surface area contributed by atoms with Crippen molar-refractivity contribution in [3.8, 4) is 16.3 Å². The van der Waals surface area contributed by atoms with E-state index in [-0.39, 0.29) is 5.91 Å². The van der Waals surface area contributed by atoms with E-state index in [0.717, 1.165) is 47.9 Å². The normalized spacial score (nSPS) is 17.5. The number of amides is 1. The largest absolute Gasteiger partial charge is 0.494 e. The molecule has 1 atom stereocenters. The molecule has 25 heavy (non-hydrogen) atoms. The highest BCUT2D eigenvalue weighted by molar-refractivity contribution is 7.13. The second kappa shape index (κ2) is 8.45. The molecular formula is C19H25N3O2S. The molecule has 0 saturated carbocycles. The lowest BCUT2D eigenvalue weighted by Gasteiger charge is -2.32. The number of thiazole rings is 1. The summed E-state index contributed by atoms with van der Waals surface area (Å²) in [6, 6.07) is 8.34. The van der Waals surface area contributed by atoms with E-state index >= 15 is 0 Å². The number of carbonyl (C=O) groups is 1. The van der Waals surface area contributed by atoms with E-state index in [4.69, 9.17) is 4.74 Å². The molecule has 1 N–H and O–H groups in total. The fourth-order valence-electron chi connectivity index (χ4n) is 3.09. The summed E-state index contributed by atoms with van der Waals surface area (Å²) in [6.45, 7) is 4.28. The number of piperidine rings is 1. The lowest BCUT2D eigenvalue weighted by molar-refractivity contribution is -0.131. The quantitative estimate of drug-likeness (QED) is 0.862. The van der Waals surface area contributed by atoms with Crippen molar-refractivity contribution in [2.24, 2.45) is 0 Å². The Morgan fingerprint density at radius 1 is 1.40 bits per heavy atom. The van der Waals surface area contributed by atoms with Gasteiger partial charge in [-0.15, -0.1) is 11.3 Å². The first-order chi connectivity index (χ1) is 12.2. The molecule has 1 aromatic carbocycles. The number of carbonyl (C=O) groups excluding carboxylic acids is 1. The number of hydrogen-bond donors (Lipinski definition) is 1. The van der Waals surface area contributed by atoms with Gasteiger partial charge in [-0.25, -0.2) is 4.98 Å².